The molecule has 6 rings (SSSR count). The van der Waals surface area contributed by atoms with Crippen LogP contribution in [0.1, 0.15) is 46.3 Å². The summed E-state index contributed by atoms with van der Waals surface area (Å²) in [5.74, 6) is 0.0100. The minimum absolute atomic E-state index is 0.0100. The summed E-state index contributed by atoms with van der Waals surface area (Å²) in [7, 11) is 0. The summed E-state index contributed by atoms with van der Waals surface area (Å²) in [4.78, 5) is 18.7. The number of hydrogen-bond acceptors (Lipinski definition) is 3. The zero-order chi connectivity index (χ0) is 22.6. The standard InChI is InChI=1S/C26H25ClN4O2/c27-19-5-2-4-18(14-19)26(33)9-11-31(12-10-26)25(32)16-7-8-22-21(13-16)20-6-1-3-17-15-28-30-23(17)24(20)29-22/h2,4-5,7-8,13-15,29,33H,1,3,6,9-12H2,(H,28,30). The van der Waals surface area contributed by atoms with Gasteiger partial charge < -0.3 is 15.0 Å². The number of benzene rings is 2. The fraction of sp³-hybridized carbons (Fsp3) is 0.308. The summed E-state index contributed by atoms with van der Waals surface area (Å²) in [6.45, 7) is 1.01. The van der Waals surface area contributed by atoms with Gasteiger partial charge in [0, 0.05) is 34.6 Å². The third-order valence-corrected chi connectivity index (χ3v) is 7.47. The van der Waals surface area contributed by atoms with E-state index in [4.69, 9.17) is 11.6 Å². The zero-order valence-corrected chi connectivity index (χ0v) is 19.0. The van der Waals surface area contributed by atoms with Crippen LogP contribution in [0.2, 0.25) is 5.02 Å². The zero-order valence-electron chi connectivity index (χ0n) is 18.2. The molecule has 0 atom stereocenters. The molecule has 3 N–H and O–H groups in total. The van der Waals surface area contributed by atoms with Crippen molar-refractivity contribution in [2.24, 2.45) is 0 Å². The third-order valence-electron chi connectivity index (χ3n) is 7.23. The number of amides is 1. The number of halogens is 1. The average Bonchev–Trinajstić information content (AvgIpc) is 3.39. The Morgan fingerprint density at radius 3 is 2.76 bits per heavy atom. The number of likely N-dealkylation sites (tertiary alicyclic amines) is 1. The second kappa shape index (κ2) is 7.75. The molecule has 2 aliphatic rings. The molecular weight excluding hydrogens is 436 g/mol. The van der Waals surface area contributed by atoms with Crippen molar-refractivity contribution < 1.29 is 9.90 Å². The number of carbonyl (C=O) groups excluding carboxylic acids is 1. The Bertz CT molecular complexity index is 1360. The van der Waals surface area contributed by atoms with Crippen LogP contribution in [0.15, 0.2) is 48.7 Å². The van der Waals surface area contributed by atoms with Gasteiger partial charge in [-0.1, -0.05) is 23.7 Å². The van der Waals surface area contributed by atoms with Crippen LogP contribution in [0.3, 0.4) is 0 Å². The molecule has 3 heterocycles. The Labute approximate surface area is 196 Å². The number of aryl methyl sites for hydroxylation is 2. The first-order valence-corrected chi connectivity index (χ1v) is 11.8. The monoisotopic (exact) mass is 460 g/mol. The maximum Gasteiger partial charge on any atom is 0.253 e. The number of fused-ring (bicyclic) bond motifs is 5. The highest BCUT2D eigenvalue weighted by Crippen LogP contribution is 2.37. The van der Waals surface area contributed by atoms with E-state index in [0.717, 1.165) is 47.1 Å². The lowest BCUT2D eigenvalue weighted by atomic mass is 9.84. The Balaban J connectivity index is 1.26. The number of aliphatic hydroxyl groups is 1. The van der Waals surface area contributed by atoms with Crippen LogP contribution in [0.25, 0.3) is 22.3 Å². The van der Waals surface area contributed by atoms with Gasteiger partial charge in [0.1, 0.15) is 0 Å². The topological polar surface area (TPSA) is 85.0 Å². The van der Waals surface area contributed by atoms with E-state index >= 15 is 0 Å². The summed E-state index contributed by atoms with van der Waals surface area (Å²) >= 11 is 6.12. The Kier molecular flexibility index (Phi) is 4.82. The normalized spacial score (nSPS) is 17.5. The molecule has 7 heteroatoms. The summed E-state index contributed by atoms with van der Waals surface area (Å²) in [5.41, 5.74) is 6.21. The summed E-state index contributed by atoms with van der Waals surface area (Å²) in [6.07, 6.45) is 5.90. The summed E-state index contributed by atoms with van der Waals surface area (Å²) in [5, 5.41) is 20.2. The van der Waals surface area contributed by atoms with Crippen molar-refractivity contribution >= 4 is 28.4 Å². The molecule has 0 spiro atoms. The quantitative estimate of drug-likeness (QED) is 0.400. The molecule has 33 heavy (non-hydrogen) atoms. The number of piperidine rings is 1. The molecule has 1 amide bonds. The minimum Gasteiger partial charge on any atom is -0.385 e. The minimum atomic E-state index is -0.953. The van der Waals surface area contributed by atoms with Crippen LogP contribution in [-0.2, 0) is 18.4 Å². The van der Waals surface area contributed by atoms with Crippen molar-refractivity contribution in [1.29, 1.82) is 0 Å². The average molecular weight is 461 g/mol. The van der Waals surface area contributed by atoms with Crippen LogP contribution in [0, 0.1) is 0 Å². The molecule has 1 saturated heterocycles. The van der Waals surface area contributed by atoms with E-state index in [1.54, 1.807) is 6.07 Å². The Hall–Kier alpha value is -3.09. The molecular formula is C26H25ClN4O2. The third kappa shape index (κ3) is 3.45. The number of H-pyrrole nitrogens is 2. The number of nitrogens with zero attached hydrogens (tertiary/aromatic N) is 2. The second-order valence-corrected chi connectivity index (χ2v) is 9.63. The molecule has 168 valence electrons. The predicted octanol–water partition coefficient (Wildman–Crippen LogP) is 4.82. The molecule has 1 aliphatic heterocycles. The second-order valence-electron chi connectivity index (χ2n) is 9.20. The first kappa shape index (κ1) is 20.5. The van der Waals surface area contributed by atoms with Gasteiger partial charge in [-0.05, 0) is 79.1 Å². The van der Waals surface area contributed by atoms with Crippen molar-refractivity contribution in [2.75, 3.05) is 13.1 Å². The van der Waals surface area contributed by atoms with E-state index in [1.807, 2.05) is 47.5 Å². The highest BCUT2D eigenvalue weighted by atomic mass is 35.5. The van der Waals surface area contributed by atoms with Gasteiger partial charge in [0.05, 0.1) is 23.2 Å². The molecule has 0 saturated carbocycles. The van der Waals surface area contributed by atoms with Crippen LogP contribution < -0.4 is 0 Å². The molecule has 1 fully saturated rings. The molecule has 0 unspecified atom stereocenters. The van der Waals surface area contributed by atoms with Gasteiger partial charge in [0.2, 0.25) is 0 Å². The molecule has 2 aromatic carbocycles. The van der Waals surface area contributed by atoms with Crippen molar-refractivity contribution in [3.8, 4) is 11.4 Å². The van der Waals surface area contributed by atoms with Crippen LogP contribution >= 0.6 is 11.6 Å². The number of carbonyl (C=O) groups is 1. The number of nitrogens with one attached hydrogen (secondary N) is 2. The predicted molar refractivity (Wildman–Crippen MR) is 128 cm³/mol. The van der Waals surface area contributed by atoms with Gasteiger partial charge in [-0.3, -0.25) is 9.89 Å². The lowest BCUT2D eigenvalue weighted by Crippen LogP contribution is -2.45. The molecule has 6 nitrogen and oxygen atoms in total. The number of rotatable bonds is 2. The van der Waals surface area contributed by atoms with Crippen molar-refractivity contribution in [3.05, 3.63) is 75.9 Å². The van der Waals surface area contributed by atoms with Gasteiger partial charge in [0.25, 0.3) is 5.91 Å². The molecule has 0 bridgehead atoms. The van der Waals surface area contributed by atoms with E-state index in [9.17, 15) is 9.90 Å². The van der Waals surface area contributed by atoms with Crippen molar-refractivity contribution in [3.63, 3.8) is 0 Å². The first-order valence-electron chi connectivity index (χ1n) is 11.5. The van der Waals surface area contributed by atoms with E-state index < -0.39 is 5.60 Å². The number of hydrogen-bond donors (Lipinski definition) is 3. The van der Waals surface area contributed by atoms with Crippen LogP contribution in [0.5, 0.6) is 0 Å². The lowest BCUT2D eigenvalue weighted by molar-refractivity contribution is -0.0211. The fourth-order valence-corrected chi connectivity index (χ4v) is 5.55. The Morgan fingerprint density at radius 2 is 1.94 bits per heavy atom. The lowest BCUT2D eigenvalue weighted by Gasteiger charge is -2.38. The molecule has 0 radical (unpaired) electrons. The van der Waals surface area contributed by atoms with E-state index in [1.165, 1.54) is 11.1 Å². The van der Waals surface area contributed by atoms with Gasteiger partial charge >= 0.3 is 0 Å². The fourth-order valence-electron chi connectivity index (χ4n) is 5.36. The van der Waals surface area contributed by atoms with E-state index in [-0.39, 0.29) is 5.91 Å². The molecule has 1 aliphatic carbocycles. The van der Waals surface area contributed by atoms with Crippen molar-refractivity contribution in [2.45, 2.75) is 37.7 Å². The molecule has 2 aromatic heterocycles. The number of aromatic amines is 2. The van der Waals surface area contributed by atoms with E-state index in [0.29, 0.717) is 36.5 Å². The van der Waals surface area contributed by atoms with Crippen LogP contribution in [0.4, 0.5) is 0 Å². The van der Waals surface area contributed by atoms with Crippen LogP contribution in [-0.4, -0.2) is 44.2 Å². The molecule has 4 aromatic rings. The Morgan fingerprint density at radius 1 is 1.09 bits per heavy atom. The summed E-state index contributed by atoms with van der Waals surface area (Å²) in [6, 6.07) is 13.3. The smallest absolute Gasteiger partial charge is 0.253 e. The first-order chi connectivity index (χ1) is 16.0. The highest BCUT2D eigenvalue weighted by molar-refractivity contribution is 6.30. The maximum absolute atomic E-state index is 13.4. The van der Waals surface area contributed by atoms with E-state index in [2.05, 4.69) is 15.2 Å². The number of aromatic nitrogens is 3. The maximum atomic E-state index is 13.4. The SMILES string of the molecule is O=C(c1ccc2[nH]c3c(c2c1)CCCc1cn[nH]c1-3)N1CCC(O)(c2cccc(Cl)c2)CC1. The van der Waals surface area contributed by atoms with Gasteiger partial charge in [0.15, 0.2) is 0 Å². The van der Waals surface area contributed by atoms with Crippen molar-refractivity contribution in [1.82, 2.24) is 20.1 Å². The van der Waals surface area contributed by atoms with Gasteiger partial charge in [-0.15, -0.1) is 0 Å². The van der Waals surface area contributed by atoms with Gasteiger partial charge in [-0.25, -0.2) is 0 Å². The summed E-state index contributed by atoms with van der Waals surface area (Å²) < 4.78 is 0. The highest BCUT2D eigenvalue weighted by Gasteiger charge is 2.36. The largest absolute Gasteiger partial charge is 0.385 e. The van der Waals surface area contributed by atoms with Gasteiger partial charge in [-0.2, -0.15) is 5.10 Å².